The van der Waals surface area contributed by atoms with E-state index >= 15 is 0 Å². The van der Waals surface area contributed by atoms with Gasteiger partial charge >= 0.3 is 63.4 Å². The number of hydrogen-bond donors (Lipinski definition) is 10. The first-order valence-electron chi connectivity index (χ1n) is 44.5. The number of aryl methyl sites for hydroxylation is 11. The number of alkyl halides is 1. The number of nitrogen functional groups attached to an aromatic ring is 4. The number of nitrogens with one attached hydrogen (secondary N) is 5. The van der Waals surface area contributed by atoms with E-state index in [0.29, 0.717) is 98.7 Å². The summed E-state index contributed by atoms with van der Waals surface area (Å²) >= 11 is 12.9. The number of carbonyl (C=O) groups excluding carboxylic acids is 8. The van der Waals surface area contributed by atoms with Crippen LogP contribution in [0.2, 0.25) is 0 Å². The number of rotatable bonds is 20. The van der Waals surface area contributed by atoms with Crippen molar-refractivity contribution in [3.8, 4) is 51.2 Å². The topological polar surface area (TPSA) is 513 Å². The molecule has 756 valence electrons. The van der Waals surface area contributed by atoms with Crippen molar-refractivity contribution in [2.75, 3.05) is 50.4 Å². The summed E-state index contributed by atoms with van der Waals surface area (Å²) < 4.78 is 31.5. The number of urea groups is 1. The summed E-state index contributed by atoms with van der Waals surface area (Å²) in [6, 6.07) is 57.0. The molecule has 4 amide bonds. The minimum Gasteiger partial charge on any atom is -0.870 e. The van der Waals surface area contributed by atoms with Crippen LogP contribution in [0, 0.1) is 33.6 Å². The fraction of sp³-hybridized carbons (Fsp3) is 0.293. The van der Waals surface area contributed by atoms with Crippen LogP contribution in [0.15, 0.2) is 228 Å². The summed E-state index contributed by atoms with van der Waals surface area (Å²) in [7, 11) is 12.9. The zero-order chi connectivity index (χ0) is 105. The second-order valence-corrected chi connectivity index (χ2v) is 33.2. The van der Waals surface area contributed by atoms with Gasteiger partial charge in [0.15, 0.2) is 40.6 Å². The first-order chi connectivity index (χ1) is 66.8. The van der Waals surface area contributed by atoms with Crippen LogP contribution in [-0.2, 0) is 58.9 Å². The van der Waals surface area contributed by atoms with E-state index in [1.165, 1.54) is 72.6 Å². The fourth-order valence-corrected chi connectivity index (χ4v) is 13.0. The van der Waals surface area contributed by atoms with Crippen LogP contribution in [0.5, 0.6) is 5.75 Å². The van der Waals surface area contributed by atoms with E-state index in [4.69, 9.17) is 34.2 Å². The Kier molecular flexibility index (Phi) is 56.3. The van der Waals surface area contributed by atoms with Gasteiger partial charge in [0, 0.05) is 204 Å². The second-order valence-electron chi connectivity index (χ2n) is 31.4. The van der Waals surface area contributed by atoms with Crippen LogP contribution in [0.4, 0.5) is 50.1 Å². The molecule has 0 radical (unpaired) electrons. The zero-order valence-electron chi connectivity index (χ0n) is 85.4. The SMILES string of the molecule is CC.CC(=O)CCC(C)=O.CC(=O)c1cccc(-c2cc(N)nn2C)c1.CC(=O)c1cccc(-c2cc(NC(=O)Nc3ccccc3OCCC(C)C)nn2C)c1.CC(=O)c1cccc(-c2cc(NC(=O)n3ccnc3)nn2C)c1.CC(C)NC(=O)c1ccccc1N.Cc1ccc(C)n1-c1cc(Br)n(C)n1.Cc1ccc(C)n1-c1ccn(C)n1.Cn1ccc(N)n1.Cn1nc(N)cc1Br.ONCl.[2H]CI.[K+].[OH-]. The molecule has 0 bridgehead atoms. The molecule has 0 fully saturated rings. The first kappa shape index (κ1) is 124. The summed E-state index contributed by atoms with van der Waals surface area (Å²) in [6.45, 7) is 28.6. The van der Waals surface area contributed by atoms with Gasteiger partial charge in [-0.2, -0.15) is 35.7 Å². The van der Waals surface area contributed by atoms with E-state index in [0.717, 1.165) is 61.0 Å². The summed E-state index contributed by atoms with van der Waals surface area (Å²) in [5.41, 5.74) is 35.4. The number of nitrogens with two attached hydrogens (primary N) is 4. The van der Waals surface area contributed by atoms with Crippen molar-refractivity contribution < 1.29 is 107 Å². The minimum absolute atomic E-state index is 0. The molecule has 0 unspecified atom stereocenters. The molecular formula is C99H130Br2ClIKN27O11. The Morgan fingerprint density at radius 1 is 0.493 bits per heavy atom. The van der Waals surface area contributed by atoms with Gasteiger partial charge in [-0.1, -0.05) is 129 Å². The van der Waals surface area contributed by atoms with Crippen molar-refractivity contribution in [2.45, 2.75) is 129 Å². The third kappa shape index (κ3) is 43.1. The molecule has 0 aliphatic heterocycles. The van der Waals surface area contributed by atoms with Gasteiger partial charge in [0.05, 0.1) is 34.9 Å². The predicted molar refractivity (Wildman–Crippen MR) is 574 cm³/mol. The third-order valence-electron chi connectivity index (χ3n) is 19.2. The number of ether oxygens (including phenoxy) is 1. The molecule has 38 nitrogen and oxygen atoms in total. The molecule has 15 N–H and O–H groups in total. The van der Waals surface area contributed by atoms with Crippen LogP contribution in [-0.4, -0.2) is 162 Å². The average molecular weight is 2240 g/mol. The molecule has 0 saturated carbocycles. The maximum Gasteiger partial charge on any atom is 1.00 e. The predicted octanol–water partition coefficient (Wildman–Crippen LogP) is 16.4. The standard InChI is InChI=1S/C24H28N4O3.C16H15N5O2.C12H13N3O.C10H12BrN3.C10H13N3.C10H14N2O.C6H10O2.C4H6BrN3.C4H7N3.C2H6.CH3I.ClH2NO.K.H2O/c1-16(2)12-13-31-22-11-6-5-10-20(22)25-24(30)26-23-15-21(28(4)27-23)19-9-7-8-18(14-19)17(3)29;1-11(22)12-4-3-5-13(8-12)14-9-15(19-20(14)2)18-16(23)21-7-6-17-10-21;1-8(16)9-4-3-5-10(6-9)11-7-12(13)14-15(11)2;1-7-4-5-8(2)14(7)10-6-9(11)13(3)12-10;1-8-4-5-9(2)13(8)10-6-7-12(3)11-10;1-7(2)12-10(13)8-5-3-4-6-9(8)11;1-5(7)3-4-6(2)8;1-8-3(5)2-4(6)7-8;1-7-3-2-4(5)6-7;2*1-2;1-2-3;;/h5-11,14-16H,12-13H2,1-4H3,(H2,25,26,27,30);3-10H,1-2H3,(H,18,19,23);3-7H,1-2H3,(H2,13,14);4-6H,1-3H3;4-7H,1-3H3;3-7H,11H2,1-2H3,(H,12,13);3-4H2,1-2H3;2H,1H3,(H2,6,7);2-3H,1H3,(H2,5,6);1-2H3;1H3;2-3H;;1H2/q;;;;;;;;;;;;+1;/p-1/i;;;;;;;;;;1D;;;. The van der Waals surface area contributed by atoms with Gasteiger partial charge in [0.1, 0.15) is 50.3 Å². The molecule has 15 aromatic rings. The number of nitrogens with zero attached hydrogens (tertiary/aromatic N) is 18. The van der Waals surface area contributed by atoms with Crippen LogP contribution in [0.1, 0.15) is 161 Å². The Morgan fingerprint density at radius 2 is 0.915 bits per heavy atom. The molecule has 43 heteroatoms. The van der Waals surface area contributed by atoms with Gasteiger partial charge in [0.25, 0.3) is 5.91 Å². The fourth-order valence-electron chi connectivity index (χ4n) is 12.4. The van der Waals surface area contributed by atoms with Gasteiger partial charge in [-0.25, -0.2) is 14.6 Å². The van der Waals surface area contributed by atoms with Gasteiger partial charge in [-0.05, 0) is 198 Å². The van der Waals surface area contributed by atoms with Gasteiger partial charge in [0.2, 0.25) is 0 Å². The monoisotopic (exact) mass is 2230 g/mol. The number of hydrogen-bond acceptors (Lipinski definition) is 24. The molecule has 0 aliphatic carbocycles. The van der Waals surface area contributed by atoms with E-state index in [-0.39, 0.29) is 104 Å². The summed E-state index contributed by atoms with van der Waals surface area (Å²) in [5, 5.41) is 47.3. The van der Waals surface area contributed by atoms with Gasteiger partial charge in [-0.3, -0.25) is 67.2 Å². The van der Waals surface area contributed by atoms with E-state index < -0.39 is 6.03 Å². The van der Waals surface area contributed by atoms with Crippen molar-refractivity contribution in [3.05, 3.63) is 273 Å². The number of para-hydroxylation sites is 3. The Labute approximate surface area is 908 Å². The number of aromatic nitrogens is 18. The van der Waals surface area contributed by atoms with Crippen LogP contribution >= 0.6 is 66.2 Å². The number of imidazole rings is 1. The molecule has 142 heavy (non-hydrogen) atoms. The summed E-state index contributed by atoms with van der Waals surface area (Å²) in [5.74, 6) is 5.63. The summed E-state index contributed by atoms with van der Waals surface area (Å²) in [4.78, 5) is 96.4. The smallest absolute Gasteiger partial charge is 0.870 e. The van der Waals surface area contributed by atoms with Gasteiger partial charge in [-0.15, -0.1) is 5.00 Å². The summed E-state index contributed by atoms with van der Waals surface area (Å²) in [6.07, 6.45) is 9.97. The van der Waals surface area contributed by atoms with Crippen molar-refractivity contribution in [3.63, 3.8) is 0 Å². The number of anilines is 7. The molecular weight excluding hydrogens is 2100 g/mol. The number of carbonyl (C=O) groups is 8. The third-order valence-corrected chi connectivity index (χ3v) is 20.7. The molecule has 10 aromatic heterocycles. The van der Waals surface area contributed by atoms with Crippen molar-refractivity contribution >= 4 is 154 Å². The Morgan fingerprint density at radius 3 is 1.28 bits per heavy atom. The minimum atomic E-state index is -0.415. The molecule has 0 atom stereocenters. The molecule has 10 heterocycles. The van der Waals surface area contributed by atoms with E-state index in [1.807, 2.05) is 186 Å². The van der Waals surface area contributed by atoms with Crippen molar-refractivity contribution in [1.82, 2.24) is 97.5 Å². The number of halogens is 4. The maximum absolute atomic E-state index is 12.5. The molecule has 0 saturated heterocycles. The van der Waals surface area contributed by atoms with E-state index in [1.54, 1.807) is 136 Å². The van der Waals surface area contributed by atoms with Crippen LogP contribution < -0.4 is 105 Å². The van der Waals surface area contributed by atoms with Crippen molar-refractivity contribution in [2.24, 2.45) is 55.3 Å². The Hall–Kier alpha value is -12.6. The molecule has 5 aromatic carbocycles. The largest absolute Gasteiger partial charge is 1.00 e. The molecule has 15 rings (SSSR count). The number of Topliss-reactive ketones (excluding diaryl/α,β-unsaturated/α-hetero) is 5. The Bertz CT molecular complexity index is 6380. The normalized spacial score (nSPS) is 9.99. The second kappa shape index (κ2) is 64.7. The average Bonchev–Trinajstić information content (AvgIpc) is 1.68. The zero-order valence-corrected chi connectivity index (χ0v) is 93.6. The molecule has 0 spiro atoms. The number of amides is 4. The Balaban J connectivity index is 0.000000556. The first-order valence-corrected chi connectivity index (χ1v) is 47.3. The molecule has 0 aliphatic rings. The van der Waals surface area contributed by atoms with Crippen LogP contribution in [0.3, 0.4) is 0 Å². The van der Waals surface area contributed by atoms with Crippen LogP contribution in [0.25, 0.3) is 45.4 Å². The van der Waals surface area contributed by atoms with E-state index in [2.05, 4.69) is 181 Å². The van der Waals surface area contributed by atoms with Crippen molar-refractivity contribution in [1.29, 1.82) is 0 Å². The van der Waals surface area contributed by atoms with E-state index in [9.17, 15) is 38.4 Å². The van der Waals surface area contributed by atoms with Gasteiger partial charge < -0.3 is 67.7 Å². The number of ketones is 5. The number of benzene rings is 5. The maximum atomic E-state index is 12.5. The quantitative estimate of drug-likeness (QED) is 0.00644.